The van der Waals surface area contributed by atoms with Crippen molar-refractivity contribution in [1.29, 1.82) is 0 Å². The molecule has 0 saturated heterocycles. The Morgan fingerprint density at radius 3 is 2.80 bits per heavy atom. The Morgan fingerprint density at radius 1 is 1.47 bits per heavy atom. The molecule has 82 valence electrons. The van der Waals surface area contributed by atoms with E-state index in [2.05, 4.69) is 10.4 Å². The lowest BCUT2D eigenvalue weighted by Crippen LogP contribution is -2.33. The number of nitrogens with one attached hydrogen (secondary N) is 1. The molecule has 1 fully saturated rings. The molecule has 0 spiro atoms. The van der Waals surface area contributed by atoms with Gasteiger partial charge in [0.25, 0.3) is 0 Å². The van der Waals surface area contributed by atoms with E-state index < -0.39 is 0 Å². The summed E-state index contributed by atoms with van der Waals surface area (Å²) in [5.41, 5.74) is 3.74. The Hall–Kier alpha value is -0.640. The summed E-state index contributed by atoms with van der Waals surface area (Å²) in [4.78, 5) is 4.32. The Labute approximate surface area is 95.0 Å². The normalized spacial score (nSPS) is 19.3. The molecule has 15 heavy (non-hydrogen) atoms. The molecule has 3 nitrogen and oxygen atoms in total. The van der Waals surface area contributed by atoms with Crippen molar-refractivity contribution in [3.05, 3.63) is 29.0 Å². The molecule has 0 aliphatic heterocycles. The molecule has 0 aromatic carbocycles. The molecule has 1 aliphatic rings. The molecule has 1 aromatic heterocycles. The zero-order chi connectivity index (χ0) is 10.7. The van der Waals surface area contributed by atoms with Crippen LogP contribution in [0.5, 0.6) is 0 Å². The first-order valence-electron chi connectivity index (χ1n) is 5.39. The molecule has 2 rings (SSSR count). The second kappa shape index (κ2) is 4.92. The maximum Gasteiger partial charge on any atom is 0.0775 e. The van der Waals surface area contributed by atoms with Gasteiger partial charge in [-0.3, -0.25) is 16.3 Å². The average molecular weight is 226 g/mol. The van der Waals surface area contributed by atoms with E-state index in [9.17, 15) is 0 Å². The molecule has 1 heterocycles. The minimum Gasteiger partial charge on any atom is -0.271 e. The highest BCUT2D eigenvalue weighted by molar-refractivity contribution is 6.31. The van der Waals surface area contributed by atoms with Gasteiger partial charge in [0.2, 0.25) is 0 Å². The van der Waals surface area contributed by atoms with Crippen LogP contribution in [0.25, 0.3) is 0 Å². The second-order valence-corrected chi connectivity index (χ2v) is 4.47. The van der Waals surface area contributed by atoms with Crippen LogP contribution in [0.1, 0.15) is 37.4 Å². The molecule has 0 radical (unpaired) electrons. The fraction of sp³-hybridized carbons (Fsp3) is 0.545. The second-order valence-electron chi connectivity index (χ2n) is 4.06. The summed E-state index contributed by atoms with van der Waals surface area (Å²) in [6, 6.07) is 3.80. The average Bonchev–Trinajstić information content (AvgIpc) is 2.75. The van der Waals surface area contributed by atoms with Crippen LogP contribution in [0.3, 0.4) is 0 Å². The van der Waals surface area contributed by atoms with Crippen molar-refractivity contribution in [2.75, 3.05) is 0 Å². The summed E-state index contributed by atoms with van der Waals surface area (Å²) in [7, 11) is 0. The number of rotatable bonds is 3. The number of aromatic nitrogens is 1. The third-order valence-electron chi connectivity index (χ3n) is 3.13. The molecule has 1 saturated carbocycles. The SMILES string of the molecule is NNC(c1ncccc1Cl)C1CCCC1. The standard InChI is InChI=1S/C11H16ClN3/c12-9-6-3-7-14-11(9)10(15-13)8-4-1-2-5-8/h3,6-8,10,15H,1-2,4-5,13H2. The van der Waals surface area contributed by atoms with Gasteiger partial charge in [-0.05, 0) is 30.9 Å². The molecule has 1 aromatic rings. The molecule has 1 unspecified atom stereocenters. The van der Waals surface area contributed by atoms with Crippen LogP contribution in [-0.4, -0.2) is 4.98 Å². The molecule has 1 aliphatic carbocycles. The highest BCUT2D eigenvalue weighted by atomic mass is 35.5. The molecule has 1 atom stereocenters. The van der Waals surface area contributed by atoms with Gasteiger partial charge in [-0.2, -0.15) is 0 Å². The van der Waals surface area contributed by atoms with E-state index in [0.717, 1.165) is 5.69 Å². The lowest BCUT2D eigenvalue weighted by atomic mass is 9.95. The van der Waals surface area contributed by atoms with Crippen molar-refractivity contribution in [2.45, 2.75) is 31.7 Å². The maximum absolute atomic E-state index is 6.12. The van der Waals surface area contributed by atoms with Gasteiger partial charge in [-0.25, -0.2) is 0 Å². The highest BCUT2D eigenvalue weighted by Crippen LogP contribution is 2.36. The third-order valence-corrected chi connectivity index (χ3v) is 3.45. The van der Waals surface area contributed by atoms with Crippen molar-refractivity contribution in [2.24, 2.45) is 11.8 Å². The first-order valence-corrected chi connectivity index (χ1v) is 5.77. The quantitative estimate of drug-likeness (QED) is 0.614. The van der Waals surface area contributed by atoms with Crippen LogP contribution in [0.15, 0.2) is 18.3 Å². The van der Waals surface area contributed by atoms with E-state index in [-0.39, 0.29) is 6.04 Å². The Bertz CT molecular complexity index is 323. The van der Waals surface area contributed by atoms with Crippen molar-refractivity contribution in [1.82, 2.24) is 10.4 Å². The minimum absolute atomic E-state index is 0.0983. The monoisotopic (exact) mass is 225 g/mol. The summed E-state index contributed by atoms with van der Waals surface area (Å²) in [5, 5.41) is 0.701. The van der Waals surface area contributed by atoms with Crippen molar-refractivity contribution < 1.29 is 0 Å². The number of hydrogen-bond donors (Lipinski definition) is 2. The first kappa shape index (κ1) is 10.9. The van der Waals surface area contributed by atoms with Gasteiger partial charge in [0.05, 0.1) is 16.8 Å². The fourth-order valence-electron chi connectivity index (χ4n) is 2.36. The number of nitrogens with zero attached hydrogens (tertiary/aromatic N) is 1. The number of nitrogens with two attached hydrogens (primary N) is 1. The van der Waals surface area contributed by atoms with E-state index in [1.54, 1.807) is 6.20 Å². The van der Waals surface area contributed by atoms with E-state index in [1.165, 1.54) is 25.7 Å². The zero-order valence-electron chi connectivity index (χ0n) is 8.62. The zero-order valence-corrected chi connectivity index (χ0v) is 9.37. The van der Waals surface area contributed by atoms with Gasteiger partial charge in [0, 0.05) is 6.20 Å². The highest BCUT2D eigenvalue weighted by Gasteiger charge is 2.27. The Balaban J connectivity index is 2.22. The van der Waals surface area contributed by atoms with Gasteiger partial charge in [0.15, 0.2) is 0 Å². The van der Waals surface area contributed by atoms with Crippen molar-refractivity contribution >= 4 is 11.6 Å². The van der Waals surface area contributed by atoms with Crippen LogP contribution in [0.4, 0.5) is 0 Å². The Morgan fingerprint density at radius 2 is 2.20 bits per heavy atom. The summed E-state index contributed by atoms with van der Waals surface area (Å²) in [6.07, 6.45) is 6.75. The van der Waals surface area contributed by atoms with Crippen LogP contribution >= 0.6 is 11.6 Å². The van der Waals surface area contributed by atoms with E-state index >= 15 is 0 Å². The summed E-state index contributed by atoms with van der Waals surface area (Å²) >= 11 is 6.12. The lowest BCUT2D eigenvalue weighted by Gasteiger charge is -2.22. The van der Waals surface area contributed by atoms with E-state index in [4.69, 9.17) is 17.4 Å². The van der Waals surface area contributed by atoms with Gasteiger partial charge >= 0.3 is 0 Å². The van der Waals surface area contributed by atoms with Gasteiger partial charge in [-0.1, -0.05) is 24.4 Å². The predicted octanol–water partition coefficient (Wildman–Crippen LogP) is 2.43. The molecular weight excluding hydrogens is 210 g/mol. The van der Waals surface area contributed by atoms with Crippen molar-refractivity contribution in [3.63, 3.8) is 0 Å². The molecule has 4 heteroatoms. The molecular formula is C11H16ClN3. The fourth-order valence-corrected chi connectivity index (χ4v) is 2.59. The van der Waals surface area contributed by atoms with E-state index in [0.29, 0.717) is 10.9 Å². The first-order chi connectivity index (χ1) is 7.33. The van der Waals surface area contributed by atoms with Crippen LogP contribution in [0.2, 0.25) is 5.02 Å². The van der Waals surface area contributed by atoms with Crippen LogP contribution in [-0.2, 0) is 0 Å². The number of pyridine rings is 1. The largest absolute Gasteiger partial charge is 0.271 e. The summed E-state index contributed by atoms with van der Waals surface area (Å²) in [6.45, 7) is 0. The third kappa shape index (κ3) is 2.30. The molecule has 0 bridgehead atoms. The number of hydrazine groups is 1. The summed E-state index contributed by atoms with van der Waals surface area (Å²) in [5.74, 6) is 6.18. The van der Waals surface area contributed by atoms with Gasteiger partial charge < -0.3 is 0 Å². The lowest BCUT2D eigenvalue weighted by molar-refractivity contribution is 0.366. The van der Waals surface area contributed by atoms with E-state index in [1.807, 2.05) is 12.1 Å². The van der Waals surface area contributed by atoms with Gasteiger partial charge in [-0.15, -0.1) is 0 Å². The topological polar surface area (TPSA) is 50.9 Å². The molecule has 3 N–H and O–H groups in total. The Kier molecular flexibility index (Phi) is 3.57. The summed E-state index contributed by atoms with van der Waals surface area (Å²) < 4.78 is 0. The van der Waals surface area contributed by atoms with Gasteiger partial charge in [0.1, 0.15) is 0 Å². The smallest absolute Gasteiger partial charge is 0.0775 e. The van der Waals surface area contributed by atoms with Crippen LogP contribution < -0.4 is 11.3 Å². The maximum atomic E-state index is 6.12. The molecule has 0 amide bonds. The van der Waals surface area contributed by atoms with Crippen LogP contribution in [0, 0.1) is 5.92 Å². The minimum atomic E-state index is 0.0983. The van der Waals surface area contributed by atoms with Crippen molar-refractivity contribution in [3.8, 4) is 0 Å². The number of halogens is 1. The predicted molar refractivity (Wildman–Crippen MR) is 61.3 cm³/mol. The number of hydrogen-bond acceptors (Lipinski definition) is 3.